The highest BCUT2D eigenvalue weighted by atomic mass is 79.9. The summed E-state index contributed by atoms with van der Waals surface area (Å²) in [6, 6.07) is 1.03. The monoisotopic (exact) mass is 306 g/mol. The Labute approximate surface area is 104 Å². The lowest BCUT2D eigenvalue weighted by molar-refractivity contribution is -0.131. The summed E-state index contributed by atoms with van der Waals surface area (Å²) in [6.45, 7) is 0. The highest BCUT2D eigenvalue weighted by Crippen LogP contribution is 2.38. The maximum absolute atomic E-state index is 13.6. The Morgan fingerprint density at radius 3 is 2.24 bits per heavy atom. The van der Waals surface area contributed by atoms with Gasteiger partial charge in [-0.3, -0.25) is 4.79 Å². The molecule has 1 aromatic carbocycles. The van der Waals surface area contributed by atoms with Crippen molar-refractivity contribution in [1.29, 1.82) is 0 Å². The van der Waals surface area contributed by atoms with Gasteiger partial charge < -0.3 is 14.6 Å². The molecule has 0 fully saturated rings. The summed E-state index contributed by atoms with van der Waals surface area (Å²) < 4.78 is 23.0. The Morgan fingerprint density at radius 1 is 1.29 bits per heavy atom. The molecule has 0 heterocycles. The fraction of sp³-hybridized carbons (Fsp3) is 0.200. The summed E-state index contributed by atoms with van der Waals surface area (Å²) in [4.78, 5) is 22.0. The van der Waals surface area contributed by atoms with Gasteiger partial charge in [0.15, 0.2) is 17.3 Å². The topological polar surface area (TPSA) is 72.8 Å². The molecule has 0 radical (unpaired) electrons. The number of benzene rings is 1. The normalized spacial score (nSPS) is 9.88. The zero-order valence-electron chi connectivity index (χ0n) is 8.91. The summed E-state index contributed by atoms with van der Waals surface area (Å²) in [7, 11) is 2.37. The van der Waals surface area contributed by atoms with Gasteiger partial charge in [0.05, 0.1) is 24.3 Å². The van der Waals surface area contributed by atoms with E-state index in [9.17, 15) is 14.0 Å². The van der Waals surface area contributed by atoms with Gasteiger partial charge in [-0.25, -0.2) is 9.18 Å². The lowest BCUT2D eigenvalue weighted by Crippen LogP contribution is -2.15. The number of methoxy groups -OCH3 is 2. The summed E-state index contributed by atoms with van der Waals surface area (Å²) in [5.74, 6) is -4.22. The molecule has 0 saturated heterocycles. The molecule has 92 valence electrons. The van der Waals surface area contributed by atoms with Crippen molar-refractivity contribution in [2.24, 2.45) is 0 Å². The average Bonchev–Trinajstić information content (AvgIpc) is 2.30. The van der Waals surface area contributed by atoms with Crippen LogP contribution in [-0.4, -0.2) is 31.1 Å². The molecule has 5 nitrogen and oxygen atoms in total. The van der Waals surface area contributed by atoms with Gasteiger partial charge >= 0.3 is 5.97 Å². The van der Waals surface area contributed by atoms with Gasteiger partial charge in [0.1, 0.15) is 0 Å². The number of ketones is 1. The van der Waals surface area contributed by atoms with E-state index in [-0.39, 0.29) is 21.5 Å². The van der Waals surface area contributed by atoms with Crippen molar-refractivity contribution in [2.45, 2.75) is 0 Å². The van der Waals surface area contributed by atoms with Crippen LogP contribution in [0.4, 0.5) is 4.39 Å². The minimum Gasteiger partial charge on any atom is -0.492 e. The molecule has 0 unspecified atom stereocenters. The van der Waals surface area contributed by atoms with Crippen molar-refractivity contribution in [3.05, 3.63) is 21.9 Å². The first-order valence-electron chi connectivity index (χ1n) is 4.31. The molecule has 0 aromatic heterocycles. The van der Waals surface area contributed by atoms with Crippen LogP contribution in [0.5, 0.6) is 11.5 Å². The van der Waals surface area contributed by atoms with Gasteiger partial charge in [-0.15, -0.1) is 0 Å². The Bertz CT molecular complexity index is 486. The highest BCUT2D eigenvalue weighted by molar-refractivity contribution is 9.10. The molecular weight excluding hydrogens is 299 g/mol. The third-order valence-electron chi connectivity index (χ3n) is 1.98. The number of ether oxygens (including phenoxy) is 2. The molecule has 0 saturated carbocycles. The van der Waals surface area contributed by atoms with E-state index >= 15 is 0 Å². The van der Waals surface area contributed by atoms with Crippen LogP contribution in [0.3, 0.4) is 0 Å². The van der Waals surface area contributed by atoms with Gasteiger partial charge in [0.25, 0.3) is 5.78 Å². The number of hydrogen-bond acceptors (Lipinski definition) is 4. The Balaban J connectivity index is 3.55. The van der Waals surface area contributed by atoms with E-state index in [0.29, 0.717) is 0 Å². The predicted octanol–water partition coefficient (Wildman–Crippen LogP) is 1.87. The van der Waals surface area contributed by atoms with Gasteiger partial charge in [-0.1, -0.05) is 0 Å². The first kappa shape index (κ1) is 13.4. The Morgan fingerprint density at radius 2 is 1.82 bits per heavy atom. The first-order valence-corrected chi connectivity index (χ1v) is 5.10. The minimum absolute atomic E-state index is 0.0836. The summed E-state index contributed by atoms with van der Waals surface area (Å²) in [5.41, 5.74) is -0.287. The smallest absolute Gasteiger partial charge is 0.377 e. The summed E-state index contributed by atoms with van der Waals surface area (Å²) >= 11 is 2.86. The average molecular weight is 307 g/mol. The van der Waals surface area contributed by atoms with E-state index in [2.05, 4.69) is 15.9 Å². The molecule has 0 atom stereocenters. The third kappa shape index (κ3) is 2.38. The van der Waals surface area contributed by atoms with Crippen LogP contribution in [0, 0.1) is 5.82 Å². The van der Waals surface area contributed by atoms with Gasteiger partial charge in [-0.2, -0.15) is 0 Å². The second-order valence-electron chi connectivity index (χ2n) is 2.92. The molecule has 0 aliphatic carbocycles. The van der Waals surface area contributed by atoms with Crippen molar-refractivity contribution < 1.29 is 28.6 Å². The second kappa shape index (κ2) is 5.13. The quantitative estimate of drug-likeness (QED) is 0.679. The first-order chi connectivity index (χ1) is 7.93. The number of carbonyl (C=O) groups is 2. The molecule has 1 rings (SSSR count). The van der Waals surface area contributed by atoms with Crippen LogP contribution in [0.15, 0.2) is 10.5 Å². The fourth-order valence-corrected chi connectivity index (χ4v) is 1.66. The van der Waals surface area contributed by atoms with Crippen LogP contribution in [0.2, 0.25) is 0 Å². The van der Waals surface area contributed by atoms with Crippen molar-refractivity contribution in [3.63, 3.8) is 0 Å². The van der Waals surface area contributed by atoms with E-state index in [4.69, 9.17) is 14.6 Å². The number of carboxylic acid groups (broad SMARTS) is 1. The summed E-state index contributed by atoms with van der Waals surface area (Å²) in [5, 5.41) is 8.62. The number of halogens is 2. The number of aliphatic carboxylic acids is 1. The predicted molar refractivity (Wildman–Crippen MR) is 59.2 cm³/mol. The number of carboxylic acids is 1. The molecule has 7 heteroatoms. The number of Topliss-reactive ketones (excluding diaryl/α,β-unsaturated/α-hetero) is 1. The Hall–Kier alpha value is -1.63. The largest absolute Gasteiger partial charge is 0.492 e. The molecule has 0 spiro atoms. The number of hydrogen-bond donors (Lipinski definition) is 1. The molecule has 0 amide bonds. The minimum atomic E-state index is -1.66. The van der Waals surface area contributed by atoms with Crippen LogP contribution < -0.4 is 9.47 Å². The molecule has 0 bridgehead atoms. The second-order valence-corrected chi connectivity index (χ2v) is 3.78. The molecule has 17 heavy (non-hydrogen) atoms. The maximum atomic E-state index is 13.6. The summed E-state index contributed by atoms with van der Waals surface area (Å²) in [6.07, 6.45) is 0. The number of carbonyl (C=O) groups excluding carboxylic acids is 1. The molecule has 0 aliphatic rings. The van der Waals surface area contributed by atoms with Crippen molar-refractivity contribution >= 4 is 27.7 Å². The van der Waals surface area contributed by atoms with E-state index in [1.54, 1.807) is 0 Å². The zero-order valence-corrected chi connectivity index (χ0v) is 10.5. The van der Waals surface area contributed by atoms with Crippen LogP contribution in [-0.2, 0) is 4.79 Å². The van der Waals surface area contributed by atoms with Crippen LogP contribution >= 0.6 is 15.9 Å². The van der Waals surface area contributed by atoms with Crippen molar-refractivity contribution in [2.75, 3.05) is 14.2 Å². The molecule has 0 aliphatic heterocycles. The Kier molecular flexibility index (Phi) is 4.06. The molecule has 1 aromatic rings. The lowest BCUT2D eigenvalue weighted by Gasteiger charge is -2.12. The number of rotatable bonds is 4. The molecular formula is C10H8BrFO5. The van der Waals surface area contributed by atoms with E-state index in [1.807, 2.05) is 0 Å². The highest BCUT2D eigenvalue weighted by Gasteiger charge is 2.26. The third-order valence-corrected chi connectivity index (χ3v) is 2.56. The SMILES string of the molecule is COc1c(C(=O)C(=O)O)cc(Br)c(F)c1OC. The van der Waals surface area contributed by atoms with Crippen LogP contribution in [0.25, 0.3) is 0 Å². The zero-order chi connectivity index (χ0) is 13.2. The van der Waals surface area contributed by atoms with Gasteiger partial charge in [-0.05, 0) is 22.0 Å². The standard InChI is InChI=1S/C10H8BrFO5/c1-16-8-4(7(13)10(14)15)3-5(11)6(12)9(8)17-2/h3H,1-2H3,(H,14,15). The van der Waals surface area contributed by atoms with Crippen molar-refractivity contribution in [1.82, 2.24) is 0 Å². The van der Waals surface area contributed by atoms with Crippen molar-refractivity contribution in [3.8, 4) is 11.5 Å². The van der Waals surface area contributed by atoms with E-state index in [0.717, 1.165) is 6.07 Å². The molecule has 1 N–H and O–H groups in total. The fourth-order valence-electron chi connectivity index (χ4n) is 1.25. The van der Waals surface area contributed by atoms with Gasteiger partial charge in [0, 0.05) is 0 Å². The van der Waals surface area contributed by atoms with E-state index in [1.165, 1.54) is 14.2 Å². The lowest BCUT2D eigenvalue weighted by atomic mass is 10.1. The van der Waals surface area contributed by atoms with E-state index < -0.39 is 17.6 Å². The maximum Gasteiger partial charge on any atom is 0.377 e. The van der Waals surface area contributed by atoms with Gasteiger partial charge in [0.2, 0.25) is 0 Å². The van der Waals surface area contributed by atoms with Crippen LogP contribution in [0.1, 0.15) is 10.4 Å².